The number of hydrogen-bond donors (Lipinski definition) is 1. The number of piperidine rings is 1. The van der Waals surface area contributed by atoms with E-state index in [2.05, 4.69) is 22.3 Å². The quantitative estimate of drug-likeness (QED) is 0.214. The van der Waals surface area contributed by atoms with Crippen LogP contribution in [0, 0.1) is 5.82 Å². The van der Waals surface area contributed by atoms with Gasteiger partial charge >= 0.3 is 0 Å². The molecular weight excluding hydrogens is 555 g/mol. The monoisotopic (exact) mass is 588 g/mol. The van der Waals surface area contributed by atoms with Crippen molar-refractivity contribution < 1.29 is 23.5 Å². The number of benzene rings is 4. The minimum atomic E-state index is -0.351. The third-order valence-corrected chi connectivity index (χ3v) is 7.81. The van der Waals surface area contributed by atoms with Gasteiger partial charge in [0.05, 0.1) is 5.56 Å². The second-order valence-electron chi connectivity index (χ2n) is 11.0. The van der Waals surface area contributed by atoms with Crippen LogP contribution < -0.4 is 14.8 Å². The molecule has 1 N–H and O–H groups in total. The number of allylic oxidation sites excluding steroid dienone is 3. The van der Waals surface area contributed by atoms with Gasteiger partial charge in [0.25, 0.3) is 5.91 Å². The minimum Gasteiger partial charge on any atom is -0.489 e. The molecule has 0 atom stereocenters. The second-order valence-corrected chi connectivity index (χ2v) is 11.0. The van der Waals surface area contributed by atoms with Crippen LogP contribution in [0.4, 0.5) is 4.39 Å². The Morgan fingerprint density at radius 2 is 1.70 bits per heavy atom. The Morgan fingerprint density at radius 1 is 0.932 bits per heavy atom. The standard InChI is InChI=1S/C37H33FN2O4/c38-30-14-12-29(13-15-30)37(42)39-31-18-20-40(21-19-31)24-27-9-4-10-28(22-27)25-43-32-16-17-33-35(23-32)44-34(36(33)41)11-5-8-26-6-2-1-3-7-26/h1-17,22-23,31H,18-21,24-25H2,(H,39,42). The lowest BCUT2D eigenvalue weighted by molar-refractivity contribution is 0.0908. The minimum absolute atomic E-state index is 0.104. The van der Waals surface area contributed by atoms with Gasteiger partial charge in [0.1, 0.15) is 23.9 Å². The highest BCUT2D eigenvalue weighted by Crippen LogP contribution is 2.34. The number of Topliss-reactive ketones (excluding diaryl/α,β-unsaturated/α-hetero) is 1. The number of hydrogen-bond acceptors (Lipinski definition) is 5. The van der Waals surface area contributed by atoms with Crippen LogP contribution in [0.2, 0.25) is 0 Å². The Morgan fingerprint density at radius 3 is 2.50 bits per heavy atom. The first-order valence-electron chi connectivity index (χ1n) is 14.8. The van der Waals surface area contributed by atoms with Crippen molar-refractivity contribution >= 4 is 17.8 Å². The fourth-order valence-electron chi connectivity index (χ4n) is 5.43. The lowest BCUT2D eigenvalue weighted by atomic mass is 10.0. The molecule has 44 heavy (non-hydrogen) atoms. The van der Waals surface area contributed by atoms with Gasteiger partial charge in [0, 0.05) is 37.3 Å². The smallest absolute Gasteiger partial charge is 0.251 e. The summed E-state index contributed by atoms with van der Waals surface area (Å²) in [4.78, 5) is 27.6. The van der Waals surface area contributed by atoms with E-state index < -0.39 is 0 Å². The van der Waals surface area contributed by atoms with Gasteiger partial charge < -0.3 is 14.8 Å². The maximum atomic E-state index is 13.2. The van der Waals surface area contributed by atoms with Crippen molar-refractivity contribution in [1.82, 2.24) is 10.2 Å². The molecule has 0 spiro atoms. The van der Waals surface area contributed by atoms with Crippen molar-refractivity contribution in [2.75, 3.05) is 13.1 Å². The third-order valence-electron chi connectivity index (χ3n) is 7.81. The molecule has 2 heterocycles. The summed E-state index contributed by atoms with van der Waals surface area (Å²) in [6.07, 6.45) is 7.15. The summed E-state index contributed by atoms with van der Waals surface area (Å²) in [5.74, 6) is 0.764. The zero-order valence-electron chi connectivity index (χ0n) is 24.2. The normalized spacial score (nSPS) is 16.2. The average Bonchev–Trinajstić information content (AvgIpc) is 3.36. The number of amides is 1. The SMILES string of the molecule is O=C(NC1CCN(Cc2cccc(COc3ccc4c(c3)OC(=CC=Cc3ccccc3)C4=O)c2)CC1)c1ccc(F)cc1. The van der Waals surface area contributed by atoms with Crippen molar-refractivity contribution in [3.8, 4) is 11.5 Å². The van der Waals surface area contributed by atoms with Crippen LogP contribution >= 0.6 is 0 Å². The van der Waals surface area contributed by atoms with Gasteiger partial charge in [0.15, 0.2) is 5.76 Å². The Labute approximate surface area is 256 Å². The summed E-state index contributed by atoms with van der Waals surface area (Å²) >= 11 is 0. The number of carbonyl (C=O) groups is 2. The van der Waals surface area contributed by atoms with E-state index in [1.54, 1.807) is 24.3 Å². The van der Waals surface area contributed by atoms with Crippen molar-refractivity contribution in [3.05, 3.63) is 149 Å². The van der Waals surface area contributed by atoms with Gasteiger partial charge in [-0.15, -0.1) is 0 Å². The van der Waals surface area contributed by atoms with E-state index in [1.165, 1.54) is 29.8 Å². The van der Waals surface area contributed by atoms with Gasteiger partial charge in [-0.05, 0) is 72.0 Å². The summed E-state index contributed by atoms with van der Waals surface area (Å²) < 4.78 is 25.1. The average molecular weight is 589 g/mol. The van der Waals surface area contributed by atoms with E-state index in [9.17, 15) is 14.0 Å². The number of halogens is 1. The number of rotatable bonds is 9. The highest BCUT2D eigenvalue weighted by Gasteiger charge is 2.27. The molecular formula is C37H33FN2O4. The van der Waals surface area contributed by atoms with Gasteiger partial charge in [0.2, 0.25) is 5.78 Å². The number of likely N-dealkylation sites (tertiary alicyclic amines) is 1. The molecule has 1 fully saturated rings. The van der Waals surface area contributed by atoms with E-state index in [0.717, 1.165) is 43.6 Å². The van der Waals surface area contributed by atoms with Gasteiger partial charge in [-0.2, -0.15) is 0 Å². The maximum Gasteiger partial charge on any atom is 0.251 e. The summed E-state index contributed by atoms with van der Waals surface area (Å²) in [7, 11) is 0. The van der Waals surface area contributed by atoms with Gasteiger partial charge in [-0.3, -0.25) is 14.5 Å². The van der Waals surface area contributed by atoms with Crippen LogP contribution in [-0.2, 0) is 13.2 Å². The first-order valence-corrected chi connectivity index (χ1v) is 14.8. The van der Waals surface area contributed by atoms with E-state index in [4.69, 9.17) is 9.47 Å². The van der Waals surface area contributed by atoms with Crippen LogP contribution in [0.3, 0.4) is 0 Å². The second kappa shape index (κ2) is 13.5. The van der Waals surface area contributed by atoms with Crippen LogP contribution in [0.1, 0.15) is 50.2 Å². The predicted molar refractivity (Wildman–Crippen MR) is 168 cm³/mol. The fourth-order valence-corrected chi connectivity index (χ4v) is 5.43. The Balaban J connectivity index is 0.984. The number of ether oxygens (including phenoxy) is 2. The van der Waals surface area contributed by atoms with Gasteiger partial charge in [-0.25, -0.2) is 4.39 Å². The molecule has 0 saturated carbocycles. The first kappa shape index (κ1) is 29.1. The van der Waals surface area contributed by atoms with Crippen molar-refractivity contribution in [2.45, 2.75) is 32.0 Å². The topological polar surface area (TPSA) is 67.9 Å². The molecule has 0 unspecified atom stereocenters. The Hall–Kier alpha value is -5.01. The molecule has 2 aliphatic rings. The molecule has 0 radical (unpaired) electrons. The zero-order chi connectivity index (χ0) is 30.3. The van der Waals surface area contributed by atoms with E-state index in [1.807, 2.05) is 54.6 Å². The number of carbonyl (C=O) groups excluding carboxylic acids is 2. The van der Waals surface area contributed by atoms with Crippen molar-refractivity contribution in [3.63, 3.8) is 0 Å². The highest BCUT2D eigenvalue weighted by molar-refractivity contribution is 6.12. The molecule has 4 aromatic carbocycles. The van der Waals surface area contributed by atoms with Crippen LogP contribution in [0.15, 0.2) is 115 Å². The van der Waals surface area contributed by atoms with Crippen molar-refractivity contribution in [2.24, 2.45) is 0 Å². The van der Waals surface area contributed by atoms with Crippen LogP contribution in [0.25, 0.3) is 6.08 Å². The van der Waals surface area contributed by atoms with E-state index in [0.29, 0.717) is 29.2 Å². The summed E-state index contributed by atoms with van der Waals surface area (Å²) in [6, 6.07) is 29.2. The van der Waals surface area contributed by atoms with E-state index >= 15 is 0 Å². The molecule has 6 nitrogen and oxygen atoms in total. The van der Waals surface area contributed by atoms with Crippen LogP contribution in [0.5, 0.6) is 11.5 Å². The largest absolute Gasteiger partial charge is 0.489 e. The number of nitrogens with one attached hydrogen (secondary N) is 1. The molecule has 0 bridgehead atoms. The lowest BCUT2D eigenvalue weighted by Crippen LogP contribution is -2.44. The Bertz CT molecular complexity index is 1690. The molecule has 7 heteroatoms. The first-order chi connectivity index (χ1) is 21.5. The summed E-state index contributed by atoms with van der Waals surface area (Å²) in [5, 5.41) is 3.08. The highest BCUT2D eigenvalue weighted by atomic mass is 19.1. The van der Waals surface area contributed by atoms with Crippen LogP contribution in [-0.4, -0.2) is 35.7 Å². The third kappa shape index (κ3) is 7.30. The molecule has 0 aromatic heterocycles. The molecule has 222 valence electrons. The molecule has 2 aliphatic heterocycles. The van der Waals surface area contributed by atoms with Gasteiger partial charge in [-0.1, -0.05) is 66.7 Å². The fraction of sp³-hybridized carbons (Fsp3) is 0.189. The molecule has 4 aromatic rings. The Kier molecular flexibility index (Phi) is 8.94. The summed E-state index contributed by atoms with van der Waals surface area (Å²) in [5.41, 5.74) is 4.29. The van der Waals surface area contributed by atoms with E-state index in [-0.39, 0.29) is 29.3 Å². The number of fused-ring (bicyclic) bond motifs is 1. The zero-order valence-corrected chi connectivity index (χ0v) is 24.2. The maximum absolute atomic E-state index is 13.2. The molecule has 6 rings (SSSR count). The molecule has 1 saturated heterocycles. The van der Waals surface area contributed by atoms with Crippen molar-refractivity contribution in [1.29, 1.82) is 0 Å². The molecule has 1 amide bonds. The number of ketones is 1. The predicted octanol–water partition coefficient (Wildman–Crippen LogP) is 6.97. The molecule has 0 aliphatic carbocycles. The number of nitrogens with zero attached hydrogens (tertiary/aromatic N) is 1. The lowest BCUT2D eigenvalue weighted by Gasteiger charge is -2.32. The summed E-state index contributed by atoms with van der Waals surface area (Å²) in [6.45, 7) is 2.96.